The van der Waals surface area contributed by atoms with E-state index in [1.54, 1.807) is 0 Å². The molecule has 2 amide bonds. The second kappa shape index (κ2) is 8.59. The van der Waals surface area contributed by atoms with Crippen LogP contribution in [-0.2, 0) is 16.1 Å². The molecule has 8 nitrogen and oxygen atoms in total. The Balaban J connectivity index is 1.22. The lowest BCUT2D eigenvalue weighted by Crippen LogP contribution is -2.57. The van der Waals surface area contributed by atoms with Gasteiger partial charge in [-0.1, -0.05) is 6.07 Å². The fourth-order valence-electron chi connectivity index (χ4n) is 3.78. The maximum atomic E-state index is 12.6. The van der Waals surface area contributed by atoms with Crippen LogP contribution in [0.25, 0.3) is 0 Å². The predicted molar refractivity (Wildman–Crippen MR) is 108 cm³/mol. The number of rotatable bonds is 7. The van der Waals surface area contributed by atoms with Crippen LogP contribution in [0.4, 0.5) is 0 Å². The van der Waals surface area contributed by atoms with E-state index in [0.717, 1.165) is 56.1 Å². The lowest BCUT2D eigenvalue weighted by molar-refractivity contribution is -0.130. The van der Waals surface area contributed by atoms with E-state index in [-0.39, 0.29) is 30.7 Å². The summed E-state index contributed by atoms with van der Waals surface area (Å²) in [5, 5.41) is 6.09. The van der Waals surface area contributed by atoms with Gasteiger partial charge in [0.1, 0.15) is 0 Å². The van der Waals surface area contributed by atoms with E-state index in [1.165, 1.54) is 0 Å². The highest BCUT2D eigenvalue weighted by atomic mass is 16.7. The van der Waals surface area contributed by atoms with Gasteiger partial charge in [-0.25, -0.2) is 0 Å². The summed E-state index contributed by atoms with van der Waals surface area (Å²) in [5.41, 5.74) is 0.982. The van der Waals surface area contributed by atoms with Gasteiger partial charge in [0, 0.05) is 38.8 Å². The summed E-state index contributed by atoms with van der Waals surface area (Å²) in [7, 11) is 0. The van der Waals surface area contributed by atoms with Crippen LogP contribution >= 0.6 is 0 Å². The number of carbonyl (C=O) groups is 2. The molecule has 2 N–H and O–H groups in total. The Morgan fingerprint density at radius 1 is 1.00 bits per heavy atom. The number of ether oxygens (including phenoxy) is 2. The lowest BCUT2D eigenvalue weighted by atomic mass is 10.1. The number of hydrogen-bond acceptors (Lipinski definition) is 6. The van der Waals surface area contributed by atoms with Crippen molar-refractivity contribution in [2.24, 2.45) is 0 Å². The zero-order valence-electron chi connectivity index (χ0n) is 17.1. The number of nitrogens with one attached hydrogen (secondary N) is 2. The van der Waals surface area contributed by atoms with Crippen LogP contribution in [0.5, 0.6) is 11.5 Å². The first kappa shape index (κ1) is 20.0. The minimum Gasteiger partial charge on any atom is -0.454 e. The van der Waals surface area contributed by atoms with Gasteiger partial charge in [-0.3, -0.25) is 19.4 Å². The molecular formula is C21H30N4O4. The van der Waals surface area contributed by atoms with Crippen LogP contribution in [0.1, 0.15) is 32.3 Å². The number of amides is 2. The van der Waals surface area contributed by atoms with Crippen LogP contribution < -0.4 is 20.1 Å². The van der Waals surface area contributed by atoms with E-state index >= 15 is 0 Å². The Bertz CT molecular complexity index is 759. The molecule has 0 unspecified atom stereocenters. The normalized spacial score (nSPS) is 21.4. The number of piperazine rings is 1. The molecule has 158 valence electrons. The van der Waals surface area contributed by atoms with E-state index in [9.17, 15) is 9.59 Å². The Kier molecular flexibility index (Phi) is 5.91. The Morgan fingerprint density at radius 3 is 2.28 bits per heavy atom. The number of hydrogen-bond donors (Lipinski definition) is 2. The van der Waals surface area contributed by atoms with Crippen molar-refractivity contribution in [3.8, 4) is 11.5 Å². The molecule has 2 aliphatic heterocycles. The highest BCUT2D eigenvalue weighted by molar-refractivity contribution is 5.82. The highest BCUT2D eigenvalue weighted by Crippen LogP contribution is 2.32. The molecule has 1 aliphatic carbocycles. The molecule has 29 heavy (non-hydrogen) atoms. The average molecular weight is 402 g/mol. The molecule has 2 fully saturated rings. The topological polar surface area (TPSA) is 83.1 Å². The van der Waals surface area contributed by atoms with E-state index in [1.807, 2.05) is 32.0 Å². The first-order valence-electron chi connectivity index (χ1n) is 10.5. The summed E-state index contributed by atoms with van der Waals surface area (Å²) in [6.45, 7) is 7.74. The second-order valence-electron chi connectivity index (χ2n) is 8.11. The molecule has 0 bridgehead atoms. The molecule has 1 aromatic rings. The number of benzene rings is 1. The summed E-state index contributed by atoms with van der Waals surface area (Å²) < 4.78 is 10.7. The molecule has 2 atom stereocenters. The van der Waals surface area contributed by atoms with Crippen molar-refractivity contribution >= 4 is 11.8 Å². The Hall–Kier alpha value is -2.32. The van der Waals surface area contributed by atoms with E-state index in [4.69, 9.17) is 9.47 Å². The summed E-state index contributed by atoms with van der Waals surface area (Å²) in [5.74, 6) is 1.60. The fourth-order valence-corrected chi connectivity index (χ4v) is 3.78. The third-order valence-corrected chi connectivity index (χ3v) is 6.03. The van der Waals surface area contributed by atoms with E-state index < -0.39 is 0 Å². The van der Waals surface area contributed by atoms with Crippen molar-refractivity contribution in [2.75, 3.05) is 33.0 Å². The fraction of sp³-hybridized carbons (Fsp3) is 0.619. The van der Waals surface area contributed by atoms with Crippen molar-refractivity contribution in [3.63, 3.8) is 0 Å². The van der Waals surface area contributed by atoms with Crippen molar-refractivity contribution in [3.05, 3.63) is 23.8 Å². The van der Waals surface area contributed by atoms with Crippen LogP contribution in [0.3, 0.4) is 0 Å². The van der Waals surface area contributed by atoms with Gasteiger partial charge in [0.25, 0.3) is 0 Å². The van der Waals surface area contributed by atoms with E-state index in [0.29, 0.717) is 12.6 Å². The lowest BCUT2D eigenvalue weighted by Gasteiger charge is -2.39. The summed E-state index contributed by atoms with van der Waals surface area (Å²) in [6.07, 6.45) is 2.20. The standard InChI is InChI=1S/C21H30N4O4/c1-14(20(26)22-12-16-3-6-18-19(11-16)29-13-28-18)24-7-9-25(10-8-24)15(2)21(27)23-17-4-5-17/h3,6,11,14-15,17H,4-5,7-10,12-13H2,1-2H3,(H,22,26)(H,23,27)/t14-,15+/m0/s1. The predicted octanol–water partition coefficient (Wildman–Crippen LogP) is 0.705. The van der Waals surface area contributed by atoms with Crippen LogP contribution in [-0.4, -0.2) is 72.7 Å². The van der Waals surface area contributed by atoms with Crippen LogP contribution in [0.2, 0.25) is 0 Å². The molecule has 4 rings (SSSR count). The van der Waals surface area contributed by atoms with Crippen molar-refractivity contribution < 1.29 is 19.1 Å². The molecule has 0 radical (unpaired) electrons. The molecule has 2 heterocycles. The van der Waals surface area contributed by atoms with Gasteiger partial charge in [-0.05, 0) is 44.4 Å². The Labute approximate surface area is 171 Å². The van der Waals surface area contributed by atoms with Crippen molar-refractivity contribution in [1.29, 1.82) is 0 Å². The minimum absolute atomic E-state index is 0.00985. The SMILES string of the molecule is C[C@H](C(=O)NC1CC1)N1CCN([C@@H](C)C(=O)NCc2ccc3c(c2)OCO3)CC1. The zero-order valence-corrected chi connectivity index (χ0v) is 17.1. The summed E-state index contributed by atoms with van der Waals surface area (Å²) in [6, 6.07) is 5.77. The first-order valence-corrected chi connectivity index (χ1v) is 10.5. The Morgan fingerprint density at radius 2 is 1.62 bits per heavy atom. The maximum absolute atomic E-state index is 12.6. The molecule has 1 saturated carbocycles. The zero-order chi connectivity index (χ0) is 20.4. The van der Waals surface area contributed by atoms with Crippen LogP contribution in [0, 0.1) is 0 Å². The van der Waals surface area contributed by atoms with Crippen LogP contribution in [0.15, 0.2) is 18.2 Å². The van der Waals surface area contributed by atoms with Gasteiger partial charge in [0.2, 0.25) is 18.6 Å². The smallest absolute Gasteiger partial charge is 0.237 e. The first-order chi connectivity index (χ1) is 14.0. The van der Waals surface area contributed by atoms with E-state index in [2.05, 4.69) is 20.4 Å². The summed E-state index contributed by atoms with van der Waals surface area (Å²) >= 11 is 0. The maximum Gasteiger partial charge on any atom is 0.237 e. The second-order valence-corrected chi connectivity index (χ2v) is 8.11. The number of nitrogens with zero attached hydrogens (tertiary/aromatic N) is 2. The average Bonchev–Trinajstić information content (AvgIpc) is 3.43. The van der Waals surface area contributed by atoms with Gasteiger partial charge < -0.3 is 20.1 Å². The highest BCUT2D eigenvalue weighted by Gasteiger charge is 2.32. The molecule has 0 aromatic heterocycles. The minimum atomic E-state index is -0.207. The third-order valence-electron chi connectivity index (χ3n) is 6.03. The molecule has 1 saturated heterocycles. The molecular weight excluding hydrogens is 372 g/mol. The third kappa shape index (κ3) is 4.82. The quantitative estimate of drug-likeness (QED) is 0.699. The van der Waals surface area contributed by atoms with Crippen molar-refractivity contribution in [2.45, 2.75) is 51.4 Å². The van der Waals surface area contributed by atoms with Gasteiger partial charge in [-0.2, -0.15) is 0 Å². The van der Waals surface area contributed by atoms with Gasteiger partial charge in [0.15, 0.2) is 11.5 Å². The van der Waals surface area contributed by atoms with Crippen molar-refractivity contribution in [1.82, 2.24) is 20.4 Å². The monoisotopic (exact) mass is 402 g/mol. The molecule has 3 aliphatic rings. The molecule has 8 heteroatoms. The molecule has 1 aromatic carbocycles. The van der Waals surface area contributed by atoms with Gasteiger partial charge in [-0.15, -0.1) is 0 Å². The van der Waals surface area contributed by atoms with Gasteiger partial charge in [0.05, 0.1) is 12.1 Å². The summed E-state index contributed by atoms with van der Waals surface area (Å²) in [4.78, 5) is 29.3. The largest absolute Gasteiger partial charge is 0.454 e. The van der Waals surface area contributed by atoms with Gasteiger partial charge >= 0.3 is 0 Å². The molecule has 0 spiro atoms. The number of fused-ring (bicyclic) bond motifs is 1. The number of carbonyl (C=O) groups excluding carboxylic acids is 2.